The van der Waals surface area contributed by atoms with Gasteiger partial charge in [0.05, 0.1) is 7.11 Å². The van der Waals surface area contributed by atoms with E-state index in [1.165, 1.54) is 0 Å². The molecule has 0 unspecified atom stereocenters. The van der Waals surface area contributed by atoms with Gasteiger partial charge in [-0.3, -0.25) is 0 Å². The van der Waals surface area contributed by atoms with Crippen molar-refractivity contribution in [1.82, 2.24) is 9.97 Å². The van der Waals surface area contributed by atoms with Crippen LogP contribution in [0, 0.1) is 0 Å². The van der Waals surface area contributed by atoms with Gasteiger partial charge in [0.2, 0.25) is 0 Å². The highest BCUT2D eigenvalue weighted by molar-refractivity contribution is 7.99. The molecule has 7 nitrogen and oxygen atoms in total. The number of nitrogens with zero attached hydrogens (tertiary/aromatic N) is 3. The van der Waals surface area contributed by atoms with Crippen molar-refractivity contribution >= 4 is 34.5 Å². The van der Waals surface area contributed by atoms with Crippen LogP contribution in [0.2, 0.25) is 0 Å². The van der Waals surface area contributed by atoms with Gasteiger partial charge in [0.1, 0.15) is 23.4 Å². The summed E-state index contributed by atoms with van der Waals surface area (Å²) in [5.74, 6) is 4.16. The van der Waals surface area contributed by atoms with Gasteiger partial charge in [-0.15, -0.1) is 0 Å². The molecule has 0 saturated carbocycles. The van der Waals surface area contributed by atoms with Gasteiger partial charge in [0, 0.05) is 30.0 Å². The summed E-state index contributed by atoms with van der Waals surface area (Å²) in [6.45, 7) is 2.10. The number of ether oxygens (including phenoxy) is 1. The minimum Gasteiger partial charge on any atom is -0.494 e. The van der Waals surface area contributed by atoms with Gasteiger partial charge in [-0.1, -0.05) is 6.07 Å². The number of methoxy groups -OCH3 is 1. The maximum Gasteiger partial charge on any atom is 0.309 e. The van der Waals surface area contributed by atoms with Crippen molar-refractivity contribution in [2.24, 2.45) is 11.5 Å². The number of benzene rings is 1. The van der Waals surface area contributed by atoms with Crippen molar-refractivity contribution in [3.05, 3.63) is 24.5 Å². The number of aromatic nitrogens is 2. The third-order valence-electron chi connectivity index (χ3n) is 3.14. The molecular weight excluding hydrogens is 302 g/mol. The maximum absolute atomic E-state index is 9.00. The second-order valence-corrected chi connectivity index (χ2v) is 5.78. The van der Waals surface area contributed by atoms with Gasteiger partial charge in [0.25, 0.3) is 0 Å². The highest BCUT2D eigenvalue weighted by Crippen LogP contribution is 2.30. The lowest BCUT2D eigenvalue weighted by Crippen LogP contribution is -2.33. The van der Waals surface area contributed by atoms with Crippen LogP contribution in [0.1, 0.15) is 0 Å². The zero-order valence-electron chi connectivity index (χ0n) is 12.4. The molecule has 0 spiro atoms. The van der Waals surface area contributed by atoms with Crippen molar-refractivity contribution in [2.45, 2.75) is 0 Å². The van der Waals surface area contributed by atoms with Crippen molar-refractivity contribution in [3.63, 3.8) is 0 Å². The maximum atomic E-state index is 9.00. The number of fused-ring (bicyclic) bond motifs is 1. The molecule has 0 radical (unpaired) electrons. The van der Waals surface area contributed by atoms with Crippen LogP contribution in [-0.4, -0.2) is 47.7 Å². The topological polar surface area (TPSA) is 107 Å². The summed E-state index contributed by atoms with van der Waals surface area (Å²) in [5.41, 5.74) is 9.39. The largest absolute Gasteiger partial charge is 0.494 e. The third kappa shape index (κ3) is 3.91. The van der Waals surface area contributed by atoms with Crippen LogP contribution in [0.5, 0.6) is 5.75 Å². The number of hydrogen-bond acceptors (Lipinski definition) is 6. The summed E-state index contributed by atoms with van der Waals surface area (Å²) >= 11 is 2.00. The second kappa shape index (κ2) is 7.69. The number of hydrogen-bond donors (Lipinski definition) is 2. The molecule has 1 aliphatic heterocycles. The molecule has 1 saturated heterocycles. The van der Waals surface area contributed by atoms with E-state index in [0.717, 1.165) is 47.1 Å². The fraction of sp³-hybridized carbons (Fsp3) is 0.357. The normalized spacial score (nSPS) is 14.1. The van der Waals surface area contributed by atoms with E-state index in [-0.39, 0.29) is 0 Å². The number of thioether (sulfide) groups is 1. The van der Waals surface area contributed by atoms with Crippen LogP contribution in [0.4, 0.5) is 10.6 Å². The van der Waals surface area contributed by atoms with Crippen molar-refractivity contribution in [1.29, 1.82) is 0 Å². The SMILES string of the molecule is COc1cccc2c(N3CCSCC3)ncnc12.NC(N)=O. The second-order valence-electron chi connectivity index (χ2n) is 4.56. The van der Waals surface area contributed by atoms with Crippen molar-refractivity contribution in [3.8, 4) is 5.75 Å². The van der Waals surface area contributed by atoms with Crippen LogP contribution in [0.3, 0.4) is 0 Å². The number of anilines is 1. The Hall–Kier alpha value is -2.22. The van der Waals surface area contributed by atoms with Gasteiger partial charge in [0.15, 0.2) is 0 Å². The molecule has 0 bridgehead atoms. The lowest BCUT2D eigenvalue weighted by Gasteiger charge is -2.28. The summed E-state index contributed by atoms with van der Waals surface area (Å²) < 4.78 is 5.36. The molecule has 2 aromatic rings. The molecule has 118 valence electrons. The fourth-order valence-electron chi connectivity index (χ4n) is 2.24. The highest BCUT2D eigenvalue weighted by Gasteiger charge is 2.16. The Morgan fingerprint density at radius 2 is 1.95 bits per heavy atom. The van der Waals surface area contributed by atoms with Crippen LogP contribution < -0.4 is 21.1 Å². The highest BCUT2D eigenvalue weighted by atomic mass is 32.2. The van der Waals surface area contributed by atoms with E-state index in [1.54, 1.807) is 13.4 Å². The standard InChI is InChI=1S/C13H15N3OS.CH4N2O/c1-17-11-4-2-3-10-12(11)14-9-15-13(10)16-5-7-18-8-6-16;2-1(3)4/h2-4,9H,5-8H2,1H3;(H4,2,3,4). The summed E-state index contributed by atoms with van der Waals surface area (Å²) in [7, 11) is 1.67. The minimum absolute atomic E-state index is 0.808. The lowest BCUT2D eigenvalue weighted by atomic mass is 10.2. The number of carbonyl (C=O) groups is 1. The average molecular weight is 321 g/mol. The first-order chi connectivity index (χ1) is 10.6. The van der Waals surface area contributed by atoms with E-state index < -0.39 is 6.03 Å². The number of primary amides is 2. The van der Waals surface area contributed by atoms with Crippen LogP contribution in [-0.2, 0) is 0 Å². The third-order valence-corrected chi connectivity index (χ3v) is 4.08. The Balaban J connectivity index is 0.000000396. The summed E-state index contributed by atoms with van der Waals surface area (Å²) in [6.07, 6.45) is 1.63. The van der Waals surface area contributed by atoms with Crippen LogP contribution in [0.15, 0.2) is 24.5 Å². The smallest absolute Gasteiger partial charge is 0.309 e. The van der Waals surface area contributed by atoms with E-state index in [9.17, 15) is 0 Å². The zero-order valence-corrected chi connectivity index (χ0v) is 13.2. The Morgan fingerprint density at radius 1 is 1.27 bits per heavy atom. The Morgan fingerprint density at radius 3 is 2.59 bits per heavy atom. The molecule has 1 aromatic heterocycles. The summed E-state index contributed by atoms with van der Waals surface area (Å²) in [5, 5.41) is 1.07. The van der Waals surface area contributed by atoms with Gasteiger partial charge >= 0.3 is 6.03 Å². The molecular formula is C14H19N5O2S. The molecule has 3 rings (SSSR count). The molecule has 22 heavy (non-hydrogen) atoms. The summed E-state index contributed by atoms with van der Waals surface area (Å²) in [4.78, 5) is 20.1. The van der Waals surface area contributed by atoms with Gasteiger partial charge in [-0.2, -0.15) is 11.8 Å². The Labute approximate surface area is 133 Å². The number of para-hydroxylation sites is 1. The van der Waals surface area contributed by atoms with E-state index in [0.29, 0.717) is 0 Å². The van der Waals surface area contributed by atoms with Crippen LogP contribution >= 0.6 is 11.8 Å². The quantitative estimate of drug-likeness (QED) is 0.861. The molecule has 8 heteroatoms. The molecule has 2 heterocycles. The van der Waals surface area contributed by atoms with Crippen LogP contribution in [0.25, 0.3) is 10.9 Å². The van der Waals surface area contributed by atoms with Gasteiger partial charge in [-0.05, 0) is 12.1 Å². The molecule has 0 aliphatic carbocycles. The lowest BCUT2D eigenvalue weighted by molar-refractivity contribution is 0.256. The Kier molecular flexibility index (Phi) is 5.65. The number of rotatable bonds is 2. The van der Waals surface area contributed by atoms with Crippen molar-refractivity contribution in [2.75, 3.05) is 36.6 Å². The number of nitrogens with two attached hydrogens (primary N) is 2. The molecule has 1 aliphatic rings. The van der Waals surface area contributed by atoms with Gasteiger partial charge < -0.3 is 21.1 Å². The molecule has 2 amide bonds. The average Bonchev–Trinajstić information content (AvgIpc) is 2.54. The van der Waals surface area contributed by atoms with E-state index in [2.05, 4.69) is 32.4 Å². The molecule has 1 fully saturated rings. The van der Waals surface area contributed by atoms with E-state index in [4.69, 9.17) is 9.53 Å². The monoisotopic (exact) mass is 321 g/mol. The van der Waals surface area contributed by atoms with E-state index >= 15 is 0 Å². The first-order valence-corrected chi connectivity index (χ1v) is 7.94. The predicted molar refractivity (Wildman–Crippen MR) is 89.4 cm³/mol. The molecule has 1 aromatic carbocycles. The number of urea groups is 1. The zero-order chi connectivity index (χ0) is 15.9. The predicted octanol–water partition coefficient (Wildman–Crippen LogP) is 1.22. The fourth-order valence-corrected chi connectivity index (χ4v) is 3.14. The Bertz CT molecular complexity index is 642. The molecule has 4 N–H and O–H groups in total. The first-order valence-electron chi connectivity index (χ1n) is 6.78. The van der Waals surface area contributed by atoms with Crippen molar-refractivity contribution < 1.29 is 9.53 Å². The van der Waals surface area contributed by atoms with Gasteiger partial charge in [-0.25, -0.2) is 14.8 Å². The minimum atomic E-state index is -0.833. The molecule has 0 atom stereocenters. The summed E-state index contributed by atoms with van der Waals surface area (Å²) in [6, 6.07) is 5.16. The first kappa shape index (κ1) is 16.2. The number of carbonyl (C=O) groups excluding carboxylic acids is 1. The number of amides is 2. The van der Waals surface area contributed by atoms with E-state index in [1.807, 2.05) is 23.9 Å².